The zero-order valence-corrected chi connectivity index (χ0v) is 10.7. The Labute approximate surface area is 109 Å². The molecule has 0 aliphatic heterocycles. The molecule has 2 N–H and O–H groups in total. The molecule has 19 heavy (non-hydrogen) atoms. The minimum Gasteiger partial charge on any atom is -0.394 e. The van der Waals surface area contributed by atoms with Gasteiger partial charge in [-0.1, -0.05) is 13.8 Å². The second-order valence-electron chi connectivity index (χ2n) is 4.28. The summed E-state index contributed by atoms with van der Waals surface area (Å²) in [7, 11) is 0. The van der Waals surface area contributed by atoms with Crippen molar-refractivity contribution in [3.63, 3.8) is 0 Å². The number of aliphatic hydroxyl groups excluding tert-OH is 1. The summed E-state index contributed by atoms with van der Waals surface area (Å²) in [4.78, 5) is 10.1. The highest BCUT2D eigenvalue weighted by molar-refractivity contribution is 5.63. The van der Waals surface area contributed by atoms with Crippen molar-refractivity contribution in [2.45, 2.75) is 32.2 Å². The van der Waals surface area contributed by atoms with E-state index in [1.807, 2.05) is 0 Å². The van der Waals surface area contributed by atoms with Crippen molar-refractivity contribution in [3.8, 4) is 0 Å². The van der Waals surface area contributed by atoms with Gasteiger partial charge in [0.15, 0.2) is 17.3 Å². The Kier molecular flexibility index (Phi) is 4.77. The number of anilines is 1. The van der Waals surface area contributed by atoms with E-state index in [4.69, 9.17) is 0 Å². The third-order valence-electron chi connectivity index (χ3n) is 3.32. The molecule has 106 valence electrons. The quantitative estimate of drug-likeness (QED) is 0.618. The lowest BCUT2D eigenvalue weighted by Gasteiger charge is -2.31. The van der Waals surface area contributed by atoms with Crippen LogP contribution in [0.5, 0.6) is 0 Å². The van der Waals surface area contributed by atoms with E-state index >= 15 is 0 Å². The zero-order chi connectivity index (χ0) is 14.6. The summed E-state index contributed by atoms with van der Waals surface area (Å²) in [6, 6.07) is 1.60. The molecule has 0 saturated heterocycles. The summed E-state index contributed by atoms with van der Waals surface area (Å²) in [5.74, 6) is -2.49. The first-order valence-electron chi connectivity index (χ1n) is 5.92. The van der Waals surface area contributed by atoms with Gasteiger partial charge in [0.2, 0.25) is 0 Å². The molecule has 0 bridgehead atoms. The summed E-state index contributed by atoms with van der Waals surface area (Å²) in [6.07, 6.45) is 0.820. The lowest BCUT2D eigenvalue weighted by Crippen LogP contribution is -2.41. The molecule has 0 unspecified atom stereocenters. The average molecular weight is 274 g/mol. The van der Waals surface area contributed by atoms with Crippen LogP contribution in [-0.2, 0) is 0 Å². The number of nitro benzene ring substituents is 1. The molecule has 0 spiro atoms. The monoisotopic (exact) mass is 274 g/mol. The van der Waals surface area contributed by atoms with Gasteiger partial charge >= 0.3 is 0 Å². The molecular weight excluding hydrogens is 258 g/mol. The molecule has 0 saturated carbocycles. The van der Waals surface area contributed by atoms with Crippen molar-refractivity contribution >= 4 is 11.4 Å². The Morgan fingerprint density at radius 1 is 1.37 bits per heavy atom. The number of rotatable bonds is 6. The van der Waals surface area contributed by atoms with Crippen molar-refractivity contribution in [2.24, 2.45) is 0 Å². The van der Waals surface area contributed by atoms with E-state index in [2.05, 4.69) is 5.32 Å². The maximum Gasteiger partial charge on any atom is 0.295 e. The van der Waals surface area contributed by atoms with E-state index in [-0.39, 0.29) is 6.61 Å². The highest BCUT2D eigenvalue weighted by atomic mass is 19.2. The molecule has 1 rings (SSSR count). The summed E-state index contributed by atoms with van der Waals surface area (Å²) in [5, 5.41) is 22.8. The molecular formula is C12H16F2N2O3. The second kappa shape index (κ2) is 5.92. The highest BCUT2D eigenvalue weighted by Gasteiger charge is 2.31. The highest BCUT2D eigenvalue weighted by Crippen LogP contribution is 2.33. The van der Waals surface area contributed by atoms with Gasteiger partial charge in [-0.05, 0) is 18.9 Å². The van der Waals surface area contributed by atoms with E-state index in [0.29, 0.717) is 18.9 Å². The van der Waals surface area contributed by atoms with E-state index in [1.165, 1.54) is 0 Å². The molecule has 0 fully saturated rings. The Morgan fingerprint density at radius 3 is 2.37 bits per heavy atom. The summed E-state index contributed by atoms with van der Waals surface area (Å²) < 4.78 is 26.9. The van der Waals surface area contributed by atoms with Crippen LogP contribution < -0.4 is 5.32 Å². The molecule has 0 atom stereocenters. The van der Waals surface area contributed by atoms with E-state index in [0.717, 1.165) is 6.07 Å². The summed E-state index contributed by atoms with van der Waals surface area (Å²) in [5.41, 5.74) is -2.00. The average Bonchev–Trinajstić information content (AvgIpc) is 2.40. The number of nitrogens with one attached hydrogen (secondary N) is 1. The first-order chi connectivity index (χ1) is 8.90. The number of hydrogen-bond donors (Lipinski definition) is 2. The topological polar surface area (TPSA) is 75.4 Å². The lowest BCUT2D eigenvalue weighted by atomic mass is 9.93. The largest absolute Gasteiger partial charge is 0.394 e. The number of halogens is 2. The van der Waals surface area contributed by atoms with E-state index < -0.39 is 33.5 Å². The molecule has 7 heteroatoms. The van der Waals surface area contributed by atoms with Crippen molar-refractivity contribution in [3.05, 3.63) is 33.9 Å². The number of hydrogen-bond acceptors (Lipinski definition) is 4. The molecule has 1 aromatic carbocycles. The van der Waals surface area contributed by atoms with Gasteiger partial charge in [-0.3, -0.25) is 10.1 Å². The predicted octanol–water partition coefficient (Wildman–Crippen LogP) is 2.84. The number of nitro groups is 1. The molecule has 5 nitrogen and oxygen atoms in total. The van der Waals surface area contributed by atoms with Crippen molar-refractivity contribution < 1.29 is 18.8 Å². The predicted molar refractivity (Wildman–Crippen MR) is 67.0 cm³/mol. The van der Waals surface area contributed by atoms with Crippen LogP contribution in [0.1, 0.15) is 26.7 Å². The van der Waals surface area contributed by atoms with Crippen LogP contribution in [0.2, 0.25) is 0 Å². The first kappa shape index (κ1) is 15.3. The van der Waals surface area contributed by atoms with Gasteiger partial charge in [0.05, 0.1) is 17.1 Å². The fraction of sp³-hybridized carbons (Fsp3) is 0.500. The molecule has 0 radical (unpaired) electrons. The Balaban J connectivity index is 3.32. The van der Waals surface area contributed by atoms with Crippen LogP contribution in [-0.4, -0.2) is 22.2 Å². The third kappa shape index (κ3) is 2.98. The van der Waals surface area contributed by atoms with Crippen molar-refractivity contribution in [1.82, 2.24) is 0 Å². The second-order valence-corrected chi connectivity index (χ2v) is 4.28. The fourth-order valence-electron chi connectivity index (χ4n) is 1.77. The van der Waals surface area contributed by atoms with Crippen LogP contribution >= 0.6 is 0 Å². The van der Waals surface area contributed by atoms with Gasteiger partial charge in [0.25, 0.3) is 5.69 Å². The standard InChI is InChI=1S/C12H16F2N2O3/c1-3-12(4-2,7-17)15-11-9(16(18)19)6-5-8(13)10(11)14/h5-6,15,17H,3-4,7H2,1-2H3. The van der Waals surface area contributed by atoms with Crippen molar-refractivity contribution in [1.29, 1.82) is 0 Å². The van der Waals surface area contributed by atoms with Crippen LogP contribution in [0, 0.1) is 21.7 Å². The van der Waals surface area contributed by atoms with Gasteiger partial charge in [0.1, 0.15) is 0 Å². The van der Waals surface area contributed by atoms with Crippen LogP contribution in [0.4, 0.5) is 20.2 Å². The first-order valence-corrected chi connectivity index (χ1v) is 5.92. The maximum absolute atomic E-state index is 13.7. The Bertz CT molecular complexity index is 468. The molecule has 0 aliphatic rings. The Hall–Kier alpha value is -1.76. The maximum atomic E-state index is 13.7. The van der Waals surface area contributed by atoms with Crippen LogP contribution in [0.15, 0.2) is 12.1 Å². The normalized spacial score (nSPS) is 11.4. The van der Waals surface area contributed by atoms with Crippen LogP contribution in [0.3, 0.4) is 0 Å². The summed E-state index contributed by atoms with van der Waals surface area (Å²) in [6.45, 7) is 3.15. The third-order valence-corrected chi connectivity index (χ3v) is 3.32. The molecule has 0 aliphatic carbocycles. The van der Waals surface area contributed by atoms with Gasteiger partial charge in [-0.2, -0.15) is 0 Å². The SMILES string of the molecule is CCC(CC)(CO)Nc1c([N+](=O)[O-])ccc(F)c1F. The van der Waals surface area contributed by atoms with Gasteiger partial charge in [-0.25, -0.2) is 8.78 Å². The minimum absolute atomic E-state index is 0.340. The molecule has 0 amide bonds. The molecule has 0 aromatic heterocycles. The number of aliphatic hydroxyl groups is 1. The Morgan fingerprint density at radius 2 is 1.95 bits per heavy atom. The van der Waals surface area contributed by atoms with Crippen molar-refractivity contribution in [2.75, 3.05) is 11.9 Å². The van der Waals surface area contributed by atoms with E-state index in [9.17, 15) is 24.0 Å². The zero-order valence-electron chi connectivity index (χ0n) is 10.7. The molecule has 0 heterocycles. The smallest absolute Gasteiger partial charge is 0.295 e. The van der Waals surface area contributed by atoms with E-state index in [1.54, 1.807) is 13.8 Å². The van der Waals surface area contributed by atoms with Gasteiger partial charge < -0.3 is 10.4 Å². The number of nitrogens with zero attached hydrogens (tertiary/aromatic N) is 1. The van der Waals surface area contributed by atoms with Crippen LogP contribution in [0.25, 0.3) is 0 Å². The van der Waals surface area contributed by atoms with Gasteiger partial charge in [-0.15, -0.1) is 0 Å². The lowest BCUT2D eigenvalue weighted by molar-refractivity contribution is -0.384. The molecule has 1 aromatic rings. The summed E-state index contributed by atoms with van der Waals surface area (Å²) >= 11 is 0. The van der Waals surface area contributed by atoms with Gasteiger partial charge in [0, 0.05) is 6.07 Å². The minimum atomic E-state index is -1.31. The number of benzene rings is 1. The fourth-order valence-corrected chi connectivity index (χ4v) is 1.77.